The first-order valence-corrected chi connectivity index (χ1v) is 6.00. The molecule has 0 saturated carbocycles. The quantitative estimate of drug-likeness (QED) is 0.473. The van der Waals surface area contributed by atoms with E-state index < -0.39 is 12.6 Å². The van der Waals surface area contributed by atoms with Crippen molar-refractivity contribution in [2.45, 2.75) is 32.4 Å². The molecule has 0 spiro atoms. The van der Waals surface area contributed by atoms with Crippen LogP contribution < -0.4 is 11.1 Å². The number of carbonyl (C=O) groups excluding carboxylic acids is 1. The number of rotatable bonds is 6. The lowest BCUT2D eigenvalue weighted by molar-refractivity contribution is -0.135. The normalized spacial score (nSPS) is 11.4. The van der Waals surface area contributed by atoms with E-state index in [1.54, 1.807) is 18.2 Å². The minimum Gasteiger partial charge on any atom is -0.398 e. The molecule has 1 aromatic rings. The minimum atomic E-state index is -4.09. The molecule has 0 atom stereocenters. The van der Waals surface area contributed by atoms with Crippen molar-refractivity contribution in [2.24, 2.45) is 0 Å². The number of alkyl halides is 3. The molecule has 0 aliphatic carbocycles. The summed E-state index contributed by atoms with van der Waals surface area (Å²) in [5.74, 6) is -0.116. The van der Waals surface area contributed by atoms with Crippen LogP contribution in [-0.2, 0) is 0 Å². The van der Waals surface area contributed by atoms with Gasteiger partial charge in [-0.2, -0.15) is 13.2 Å². The maximum Gasteiger partial charge on any atom is 0.389 e. The van der Waals surface area contributed by atoms with E-state index in [1.807, 2.05) is 0 Å². The van der Waals surface area contributed by atoms with E-state index in [2.05, 4.69) is 5.32 Å². The maximum absolute atomic E-state index is 11.9. The first-order valence-electron chi connectivity index (χ1n) is 6.00. The molecule has 0 aromatic heterocycles. The number of nitrogen functional groups attached to an aromatic ring is 1. The Kier molecular flexibility index (Phi) is 5.20. The van der Waals surface area contributed by atoms with Crippen molar-refractivity contribution < 1.29 is 18.0 Å². The fraction of sp³-hybridized carbons (Fsp3) is 0.462. The first-order chi connectivity index (χ1) is 8.79. The Hall–Kier alpha value is -1.72. The number of hydrogen-bond acceptors (Lipinski definition) is 3. The van der Waals surface area contributed by atoms with Crippen LogP contribution in [-0.4, -0.2) is 18.5 Å². The molecule has 0 bridgehead atoms. The van der Waals surface area contributed by atoms with Gasteiger partial charge in [0.15, 0.2) is 5.78 Å². The number of nitrogens with two attached hydrogens (primary N) is 1. The van der Waals surface area contributed by atoms with Gasteiger partial charge >= 0.3 is 6.18 Å². The topological polar surface area (TPSA) is 55.1 Å². The highest BCUT2D eigenvalue weighted by molar-refractivity contribution is 5.99. The lowest BCUT2D eigenvalue weighted by Crippen LogP contribution is -2.09. The summed E-state index contributed by atoms with van der Waals surface area (Å²) in [5.41, 5.74) is 7.22. The predicted octanol–water partition coefficient (Wildman–Crippen LogP) is 3.62. The Balaban J connectivity index is 2.38. The second-order valence-electron chi connectivity index (χ2n) is 4.36. The van der Waals surface area contributed by atoms with E-state index >= 15 is 0 Å². The fourth-order valence-electron chi connectivity index (χ4n) is 1.68. The average molecular weight is 274 g/mol. The molecule has 0 radical (unpaired) electrons. The van der Waals surface area contributed by atoms with Gasteiger partial charge in [-0.05, 0) is 38.0 Å². The van der Waals surface area contributed by atoms with Crippen LogP contribution in [0, 0.1) is 0 Å². The summed E-state index contributed by atoms with van der Waals surface area (Å²) in [7, 11) is 0. The number of unbranched alkanes of at least 4 members (excludes halogenated alkanes) is 1. The summed E-state index contributed by atoms with van der Waals surface area (Å²) in [6.45, 7) is 1.87. The molecule has 0 unspecified atom stereocenters. The Labute approximate surface area is 110 Å². The van der Waals surface area contributed by atoms with Crippen molar-refractivity contribution in [3.05, 3.63) is 23.8 Å². The van der Waals surface area contributed by atoms with Crippen LogP contribution in [0.5, 0.6) is 0 Å². The molecule has 106 valence electrons. The van der Waals surface area contributed by atoms with E-state index in [-0.39, 0.29) is 12.2 Å². The first kappa shape index (κ1) is 15.3. The number of Topliss-reactive ketones (excluding diaryl/α,β-unsaturated/α-hetero) is 1. The van der Waals surface area contributed by atoms with Crippen LogP contribution in [0.25, 0.3) is 0 Å². The molecule has 1 aromatic carbocycles. The molecule has 0 amide bonds. The monoisotopic (exact) mass is 274 g/mol. The van der Waals surface area contributed by atoms with Crippen molar-refractivity contribution in [2.75, 3.05) is 17.6 Å². The summed E-state index contributed by atoms with van der Waals surface area (Å²) in [6, 6.07) is 4.91. The van der Waals surface area contributed by atoms with Gasteiger partial charge in [0, 0.05) is 29.9 Å². The van der Waals surface area contributed by atoms with Gasteiger partial charge < -0.3 is 11.1 Å². The van der Waals surface area contributed by atoms with Crippen LogP contribution in [0.1, 0.15) is 36.5 Å². The van der Waals surface area contributed by atoms with Gasteiger partial charge in [0.05, 0.1) is 0 Å². The molecule has 1 rings (SSSR count). The summed E-state index contributed by atoms with van der Waals surface area (Å²) in [4.78, 5) is 11.2. The predicted molar refractivity (Wildman–Crippen MR) is 69.3 cm³/mol. The van der Waals surface area contributed by atoms with Crippen LogP contribution >= 0.6 is 0 Å². The van der Waals surface area contributed by atoms with Crippen LogP contribution in [0.4, 0.5) is 24.5 Å². The standard InChI is InChI=1S/C13H17F3N2O/c1-9(19)11-5-4-10(8-12(11)17)18-7-3-2-6-13(14,15)16/h4-5,8,18H,2-3,6-7,17H2,1H3. The third kappa shape index (κ3) is 5.63. The average Bonchev–Trinajstić information content (AvgIpc) is 2.26. The Morgan fingerprint density at radius 3 is 2.53 bits per heavy atom. The highest BCUT2D eigenvalue weighted by Crippen LogP contribution is 2.22. The lowest BCUT2D eigenvalue weighted by Gasteiger charge is -2.09. The summed E-state index contributed by atoms with van der Waals surface area (Å²) in [6.07, 6.45) is -4.33. The highest BCUT2D eigenvalue weighted by Gasteiger charge is 2.25. The van der Waals surface area contributed by atoms with E-state index in [0.29, 0.717) is 29.9 Å². The smallest absolute Gasteiger partial charge is 0.389 e. The van der Waals surface area contributed by atoms with Crippen molar-refractivity contribution in [3.8, 4) is 0 Å². The number of carbonyl (C=O) groups is 1. The van der Waals surface area contributed by atoms with Gasteiger partial charge in [-0.25, -0.2) is 0 Å². The molecular formula is C13H17F3N2O. The zero-order valence-electron chi connectivity index (χ0n) is 10.7. The molecule has 0 saturated heterocycles. The van der Waals surface area contributed by atoms with Crippen molar-refractivity contribution in [3.63, 3.8) is 0 Å². The molecule has 19 heavy (non-hydrogen) atoms. The number of benzene rings is 1. The van der Waals surface area contributed by atoms with Crippen LogP contribution in [0.15, 0.2) is 18.2 Å². The highest BCUT2D eigenvalue weighted by atomic mass is 19.4. The molecule has 3 N–H and O–H groups in total. The Morgan fingerprint density at radius 2 is 2.00 bits per heavy atom. The number of hydrogen-bond donors (Lipinski definition) is 2. The number of anilines is 2. The zero-order valence-corrected chi connectivity index (χ0v) is 10.7. The van der Waals surface area contributed by atoms with Gasteiger partial charge in [0.25, 0.3) is 0 Å². The summed E-state index contributed by atoms with van der Waals surface area (Å²) < 4.78 is 35.7. The third-order valence-corrected chi connectivity index (χ3v) is 2.65. The molecule has 0 fully saturated rings. The molecular weight excluding hydrogens is 257 g/mol. The minimum absolute atomic E-state index is 0.0948. The van der Waals surface area contributed by atoms with E-state index in [0.717, 1.165) is 0 Å². The molecule has 0 aliphatic rings. The number of halogens is 3. The number of nitrogens with one attached hydrogen (secondary N) is 1. The summed E-state index contributed by atoms with van der Waals surface area (Å²) in [5, 5.41) is 2.98. The second kappa shape index (κ2) is 6.45. The van der Waals surface area contributed by atoms with Gasteiger partial charge in [-0.3, -0.25) is 4.79 Å². The van der Waals surface area contributed by atoms with E-state index in [4.69, 9.17) is 5.73 Å². The van der Waals surface area contributed by atoms with Gasteiger partial charge in [-0.1, -0.05) is 0 Å². The molecule has 6 heteroatoms. The zero-order chi connectivity index (χ0) is 14.5. The van der Waals surface area contributed by atoms with Gasteiger partial charge in [-0.15, -0.1) is 0 Å². The van der Waals surface area contributed by atoms with Crippen molar-refractivity contribution in [1.29, 1.82) is 0 Å². The van der Waals surface area contributed by atoms with Gasteiger partial charge in [0.2, 0.25) is 0 Å². The number of ketones is 1. The molecule has 0 aliphatic heterocycles. The largest absolute Gasteiger partial charge is 0.398 e. The van der Waals surface area contributed by atoms with Crippen LogP contribution in [0.2, 0.25) is 0 Å². The Morgan fingerprint density at radius 1 is 1.32 bits per heavy atom. The van der Waals surface area contributed by atoms with Gasteiger partial charge in [0.1, 0.15) is 0 Å². The summed E-state index contributed by atoms with van der Waals surface area (Å²) >= 11 is 0. The molecule has 3 nitrogen and oxygen atoms in total. The molecule has 0 heterocycles. The van der Waals surface area contributed by atoms with Crippen LogP contribution in [0.3, 0.4) is 0 Å². The second-order valence-corrected chi connectivity index (χ2v) is 4.36. The van der Waals surface area contributed by atoms with Crippen molar-refractivity contribution in [1.82, 2.24) is 0 Å². The SMILES string of the molecule is CC(=O)c1ccc(NCCCCC(F)(F)F)cc1N. The van der Waals surface area contributed by atoms with E-state index in [9.17, 15) is 18.0 Å². The Bertz CT molecular complexity index is 444. The maximum atomic E-state index is 11.9. The third-order valence-electron chi connectivity index (χ3n) is 2.65. The van der Waals surface area contributed by atoms with E-state index in [1.165, 1.54) is 6.92 Å². The van der Waals surface area contributed by atoms with Crippen molar-refractivity contribution >= 4 is 17.2 Å². The lowest BCUT2D eigenvalue weighted by atomic mass is 10.1. The fourth-order valence-corrected chi connectivity index (χ4v) is 1.68.